The Bertz CT molecular complexity index is 113. The average molecular weight is 126 g/mol. The van der Waals surface area contributed by atoms with Crippen molar-refractivity contribution < 1.29 is 0 Å². The molecule has 2 heteroatoms. The lowest BCUT2D eigenvalue weighted by molar-refractivity contribution is 0.238. The summed E-state index contributed by atoms with van der Waals surface area (Å²) in [5.74, 6) is 0. The van der Waals surface area contributed by atoms with Crippen molar-refractivity contribution in [2.24, 2.45) is 0 Å². The Kier molecular flexibility index (Phi) is 1.24. The summed E-state index contributed by atoms with van der Waals surface area (Å²) in [7, 11) is 0. The number of rotatable bonds is 1. The normalized spacial score (nSPS) is 42.3. The van der Waals surface area contributed by atoms with Crippen LogP contribution in [0.1, 0.15) is 13.3 Å². The number of nitrogens with zero attached hydrogens (tertiary/aromatic N) is 1. The number of piperazine rings is 1. The molecule has 2 saturated heterocycles. The number of hydrogen-bond acceptors (Lipinski definition) is 2. The molecule has 2 nitrogen and oxygen atoms in total. The number of nitrogens with one attached hydrogen (secondary N) is 1. The van der Waals surface area contributed by atoms with E-state index in [-0.39, 0.29) is 0 Å². The number of hydrogen-bond donors (Lipinski definition) is 1. The van der Waals surface area contributed by atoms with Crippen molar-refractivity contribution in [3.63, 3.8) is 0 Å². The summed E-state index contributed by atoms with van der Waals surface area (Å²) in [5.41, 5.74) is 0. The van der Waals surface area contributed by atoms with Gasteiger partial charge < -0.3 is 5.32 Å². The van der Waals surface area contributed by atoms with E-state index in [2.05, 4.69) is 17.1 Å². The van der Waals surface area contributed by atoms with Gasteiger partial charge in [0.15, 0.2) is 0 Å². The largest absolute Gasteiger partial charge is 0.311 e. The van der Waals surface area contributed by atoms with Crippen molar-refractivity contribution in [3.8, 4) is 0 Å². The van der Waals surface area contributed by atoms with E-state index < -0.39 is 0 Å². The van der Waals surface area contributed by atoms with Crippen molar-refractivity contribution in [1.82, 2.24) is 10.2 Å². The van der Waals surface area contributed by atoms with Crippen LogP contribution >= 0.6 is 0 Å². The third-order valence-corrected chi connectivity index (χ3v) is 2.58. The van der Waals surface area contributed by atoms with Crippen LogP contribution in [0.2, 0.25) is 0 Å². The smallest absolute Gasteiger partial charge is 0.0236 e. The standard InChI is InChI=1S/C7H14N2/c1-2-9-5-6-3-7(9)4-8-6/h6-8H,2-5H2,1H3/t6?,7-/m0/s1. The first-order valence-corrected chi connectivity index (χ1v) is 3.87. The van der Waals surface area contributed by atoms with Gasteiger partial charge in [0.25, 0.3) is 0 Å². The van der Waals surface area contributed by atoms with Crippen LogP contribution in [0, 0.1) is 0 Å². The Balaban J connectivity index is 2.01. The van der Waals surface area contributed by atoms with Crippen LogP contribution in [0.15, 0.2) is 0 Å². The monoisotopic (exact) mass is 126 g/mol. The molecule has 2 aliphatic heterocycles. The van der Waals surface area contributed by atoms with Gasteiger partial charge in [0.2, 0.25) is 0 Å². The Morgan fingerprint density at radius 2 is 2.56 bits per heavy atom. The Morgan fingerprint density at radius 3 is 2.89 bits per heavy atom. The second-order valence-electron chi connectivity index (χ2n) is 3.08. The zero-order valence-corrected chi connectivity index (χ0v) is 5.93. The molecule has 9 heavy (non-hydrogen) atoms. The van der Waals surface area contributed by atoms with E-state index in [1.54, 1.807) is 0 Å². The van der Waals surface area contributed by atoms with Gasteiger partial charge in [-0.25, -0.2) is 0 Å². The SMILES string of the molecule is CCN1CC2C[C@H]1CN2. The van der Waals surface area contributed by atoms with Gasteiger partial charge in [-0.1, -0.05) is 6.92 Å². The highest BCUT2D eigenvalue weighted by Gasteiger charge is 2.35. The van der Waals surface area contributed by atoms with Gasteiger partial charge in [0.05, 0.1) is 0 Å². The highest BCUT2D eigenvalue weighted by molar-refractivity contribution is 4.96. The van der Waals surface area contributed by atoms with Gasteiger partial charge in [-0.2, -0.15) is 0 Å². The summed E-state index contributed by atoms with van der Waals surface area (Å²) in [6.45, 7) is 6.02. The second-order valence-corrected chi connectivity index (χ2v) is 3.08. The third-order valence-electron chi connectivity index (χ3n) is 2.58. The molecule has 0 saturated carbocycles. The lowest BCUT2D eigenvalue weighted by Crippen LogP contribution is -2.43. The highest BCUT2D eigenvalue weighted by Crippen LogP contribution is 2.21. The van der Waals surface area contributed by atoms with Crippen LogP contribution in [0.5, 0.6) is 0 Å². The zero-order chi connectivity index (χ0) is 6.27. The third kappa shape index (κ3) is 0.775. The molecule has 2 aliphatic rings. The van der Waals surface area contributed by atoms with Crippen molar-refractivity contribution in [2.45, 2.75) is 25.4 Å². The Hall–Kier alpha value is -0.0800. The first kappa shape index (κ1) is 5.69. The quantitative estimate of drug-likeness (QED) is 0.534. The topological polar surface area (TPSA) is 15.3 Å². The van der Waals surface area contributed by atoms with Crippen molar-refractivity contribution in [2.75, 3.05) is 19.6 Å². The van der Waals surface area contributed by atoms with Crippen molar-refractivity contribution >= 4 is 0 Å². The van der Waals surface area contributed by atoms with E-state index in [4.69, 9.17) is 0 Å². The van der Waals surface area contributed by atoms with Crippen LogP contribution in [-0.4, -0.2) is 36.6 Å². The van der Waals surface area contributed by atoms with E-state index in [9.17, 15) is 0 Å². The molecule has 0 aromatic rings. The minimum absolute atomic E-state index is 0.829. The molecular formula is C7H14N2. The molecular weight excluding hydrogens is 112 g/mol. The lowest BCUT2D eigenvalue weighted by Gasteiger charge is -2.25. The molecule has 2 fully saturated rings. The molecule has 0 aromatic carbocycles. The number of fused-ring (bicyclic) bond motifs is 2. The van der Waals surface area contributed by atoms with Gasteiger partial charge in [-0.05, 0) is 13.0 Å². The fourth-order valence-corrected chi connectivity index (χ4v) is 2.03. The number of likely N-dealkylation sites (N-methyl/N-ethyl adjacent to an activating group) is 1. The predicted octanol–water partition coefficient (Wildman–Crippen LogP) is 0.0524. The first-order chi connectivity index (χ1) is 4.40. The molecule has 2 rings (SSSR count). The summed E-state index contributed by atoms with van der Waals surface area (Å²) in [5, 5.41) is 3.48. The molecule has 0 spiro atoms. The molecule has 2 atom stereocenters. The molecule has 1 N–H and O–H groups in total. The van der Waals surface area contributed by atoms with Crippen LogP contribution in [-0.2, 0) is 0 Å². The molecule has 1 unspecified atom stereocenters. The Labute approximate surface area is 56.2 Å². The van der Waals surface area contributed by atoms with E-state index in [1.165, 1.54) is 26.1 Å². The van der Waals surface area contributed by atoms with Gasteiger partial charge in [0.1, 0.15) is 0 Å². The summed E-state index contributed by atoms with van der Waals surface area (Å²) in [4.78, 5) is 2.57. The van der Waals surface area contributed by atoms with Crippen LogP contribution < -0.4 is 5.32 Å². The molecule has 52 valence electrons. The second kappa shape index (κ2) is 1.96. The zero-order valence-electron chi connectivity index (χ0n) is 5.93. The van der Waals surface area contributed by atoms with Crippen molar-refractivity contribution in [3.05, 3.63) is 0 Å². The number of likely N-dealkylation sites (tertiary alicyclic amines) is 1. The molecule has 0 aliphatic carbocycles. The van der Waals surface area contributed by atoms with E-state index in [0.29, 0.717) is 0 Å². The first-order valence-electron chi connectivity index (χ1n) is 3.87. The van der Waals surface area contributed by atoms with Crippen LogP contribution in [0.25, 0.3) is 0 Å². The van der Waals surface area contributed by atoms with Crippen LogP contribution in [0.3, 0.4) is 0 Å². The van der Waals surface area contributed by atoms with Gasteiger partial charge in [0, 0.05) is 25.2 Å². The molecule has 0 amide bonds. The summed E-state index contributed by atoms with van der Waals surface area (Å²) >= 11 is 0. The fourth-order valence-electron chi connectivity index (χ4n) is 2.03. The maximum absolute atomic E-state index is 3.48. The molecule has 0 radical (unpaired) electrons. The van der Waals surface area contributed by atoms with E-state index in [1.807, 2.05) is 0 Å². The minimum Gasteiger partial charge on any atom is -0.311 e. The lowest BCUT2D eigenvalue weighted by atomic mass is 10.2. The highest BCUT2D eigenvalue weighted by atomic mass is 15.3. The predicted molar refractivity (Wildman–Crippen MR) is 37.4 cm³/mol. The molecule has 0 aromatic heterocycles. The van der Waals surface area contributed by atoms with E-state index >= 15 is 0 Å². The van der Waals surface area contributed by atoms with Crippen molar-refractivity contribution in [1.29, 1.82) is 0 Å². The van der Waals surface area contributed by atoms with Gasteiger partial charge in [-0.3, -0.25) is 4.90 Å². The maximum atomic E-state index is 3.48. The fraction of sp³-hybridized carbons (Fsp3) is 1.00. The average Bonchev–Trinajstić information content (AvgIpc) is 2.45. The summed E-state index contributed by atoms with van der Waals surface area (Å²) < 4.78 is 0. The Morgan fingerprint density at radius 1 is 1.67 bits per heavy atom. The minimum atomic E-state index is 0.829. The maximum Gasteiger partial charge on any atom is 0.0236 e. The summed E-state index contributed by atoms with van der Waals surface area (Å²) in [6, 6.07) is 1.70. The van der Waals surface area contributed by atoms with Crippen LogP contribution in [0.4, 0.5) is 0 Å². The van der Waals surface area contributed by atoms with Gasteiger partial charge in [-0.15, -0.1) is 0 Å². The molecule has 2 bridgehead atoms. The van der Waals surface area contributed by atoms with Gasteiger partial charge >= 0.3 is 0 Å². The summed E-state index contributed by atoms with van der Waals surface area (Å²) in [6.07, 6.45) is 1.40. The molecule has 2 heterocycles. The van der Waals surface area contributed by atoms with E-state index in [0.717, 1.165) is 12.1 Å².